The number of Topliss-reactive ketones (excluding diaryl/α,β-unsaturated/α-hetero) is 1. The van der Waals surface area contributed by atoms with Crippen LogP contribution >= 0.6 is 0 Å². The molecule has 7 aliphatic rings. The number of allylic oxidation sites excluding steroid dienone is 2. The fourth-order valence-corrected chi connectivity index (χ4v) is 7.37. The van der Waals surface area contributed by atoms with Gasteiger partial charge in [0, 0.05) is 16.7 Å². The number of carbonyl (C=O) groups excluding carboxylic acids is 2. The van der Waals surface area contributed by atoms with Gasteiger partial charge in [0.25, 0.3) is 0 Å². The lowest BCUT2D eigenvalue weighted by atomic mass is 9.30. The predicted octanol–water partition coefficient (Wildman–Crippen LogP) is 2.83. The van der Waals surface area contributed by atoms with Crippen molar-refractivity contribution in [3.63, 3.8) is 0 Å². The third-order valence-corrected chi connectivity index (χ3v) is 8.52. The van der Waals surface area contributed by atoms with Crippen LogP contribution in [0.2, 0.25) is 0 Å². The number of hydrogen-bond acceptors (Lipinski definition) is 3. The van der Waals surface area contributed by atoms with Crippen LogP contribution in [-0.4, -0.2) is 23.3 Å². The highest BCUT2D eigenvalue weighted by Crippen LogP contribution is 2.77. The van der Waals surface area contributed by atoms with Crippen LogP contribution in [0.4, 0.5) is 0 Å². The van der Waals surface area contributed by atoms with Gasteiger partial charge in [0.15, 0.2) is 0 Å². The zero-order valence-corrected chi connectivity index (χ0v) is 13.7. The molecule has 0 aromatic rings. The molecule has 0 unspecified atom stereocenters. The summed E-state index contributed by atoms with van der Waals surface area (Å²) in [6, 6.07) is 0. The average molecular weight is 312 g/mol. The van der Waals surface area contributed by atoms with E-state index in [0.29, 0.717) is 0 Å². The van der Waals surface area contributed by atoms with Crippen LogP contribution in [0.1, 0.15) is 45.4 Å². The molecule has 0 aliphatic heterocycles. The molecular weight excluding hydrogens is 288 g/mol. The maximum Gasteiger partial charge on any atom is 0.147 e. The summed E-state index contributed by atoms with van der Waals surface area (Å²) in [6.07, 6.45) is 7.87. The Bertz CT molecular complexity index is 691. The van der Waals surface area contributed by atoms with E-state index in [-0.39, 0.29) is 29.0 Å². The summed E-state index contributed by atoms with van der Waals surface area (Å²) < 4.78 is 0. The molecule has 7 rings (SSSR count). The highest BCUT2D eigenvalue weighted by atomic mass is 16.3. The molecule has 2 spiro atoms. The Hall–Kier alpha value is -1.22. The number of ketones is 1. The molecule has 0 aromatic carbocycles. The number of aliphatic hydroxyl groups excluding tert-OH is 1. The first-order valence-electron chi connectivity index (χ1n) is 9.00. The van der Waals surface area contributed by atoms with Crippen LogP contribution in [0.3, 0.4) is 0 Å². The van der Waals surface area contributed by atoms with E-state index in [2.05, 4.69) is 12.7 Å². The van der Waals surface area contributed by atoms with Crippen molar-refractivity contribution in [3.05, 3.63) is 23.8 Å². The standard InChI is InChI=1S/C20H24O3/c1-11-12-8-14-13-4-3-5-18(2,10-21)20(13)7-6-19(14,16(11)22)15(9-12)17(20)23/h4,10,12,14-16,22H,1,3,5-9H2,2H3/t12-,14-,15-,16-,18+,19-,20-/m1/s1. The lowest BCUT2D eigenvalue weighted by Gasteiger charge is -2.73. The lowest BCUT2D eigenvalue weighted by Crippen LogP contribution is -2.73. The van der Waals surface area contributed by atoms with E-state index in [1.54, 1.807) is 0 Å². The molecular formula is C20H24O3. The molecule has 122 valence electrons. The van der Waals surface area contributed by atoms with Crippen molar-refractivity contribution in [2.45, 2.75) is 51.6 Å². The maximum atomic E-state index is 13.6. The highest BCUT2D eigenvalue weighted by molar-refractivity contribution is 5.98. The topological polar surface area (TPSA) is 54.4 Å². The van der Waals surface area contributed by atoms with E-state index in [1.165, 1.54) is 5.57 Å². The van der Waals surface area contributed by atoms with Gasteiger partial charge in [0.1, 0.15) is 12.1 Å². The summed E-state index contributed by atoms with van der Waals surface area (Å²) in [5.74, 6) is 0.733. The number of aldehydes is 1. The van der Waals surface area contributed by atoms with Gasteiger partial charge in [-0.05, 0) is 55.9 Å². The third-order valence-electron chi connectivity index (χ3n) is 8.52. The predicted molar refractivity (Wildman–Crippen MR) is 85.4 cm³/mol. The summed E-state index contributed by atoms with van der Waals surface area (Å²) in [5.41, 5.74) is 0.701. The van der Waals surface area contributed by atoms with Gasteiger partial charge in [-0.15, -0.1) is 0 Å². The Morgan fingerprint density at radius 1 is 1.26 bits per heavy atom. The van der Waals surface area contributed by atoms with E-state index in [9.17, 15) is 14.7 Å². The Labute approximate surface area is 136 Å². The molecule has 3 nitrogen and oxygen atoms in total. The van der Waals surface area contributed by atoms with Gasteiger partial charge < -0.3 is 9.90 Å². The summed E-state index contributed by atoms with van der Waals surface area (Å²) >= 11 is 0. The normalized spacial score (nSPS) is 56.3. The molecule has 6 saturated carbocycles. The van der Waals surface area contributed by atoms with E-state index < -0.39 is 16.9 Å². The van der Waals surface area contributed by atoms with Crippen molar-refractivity contribution in [2.24, 2.45) is 34.0 Å². The second-order valence-corrected chi connectivity index (χ2v) is 8.87. The minimum atomic E-state index is -0.576. The molecule has 0 radical (unpaired) electrons. The Balaban J connectivity index is 1.78. The molecule has 0 heterocycles. The first-order chi connectivity index (χ1) is 10.9. The molecule has 7 atom stereocenters. The van der Waals surface area contributed by atoms with Gasteiger partial charge in [0.05, 0.1) is 11.5 Å². The molecule has 5 bridgehead atoms. The van der Waals surface area contributed by atoms with Crippen LogP contribution in [0.5, 0.6) is 0 Å². The van der Waals surface area contributed by atoms with E-state index >= 15 is 0 Å². The zero-order valence-electron chi connectivity index (χ0n) is 13.7. The number of aliphatic hydroxyl groups is 1. The summed E-state index contributed by atoms with van der Waals surface area (Å²) in [4.78, 5) is 25.6. The van der Waals surface area contributed by atoms with E-state index in [0.717, 1.165) is 50.4 Å². The van der Waals surface area contributed by atoms with Crippen molar-refractivity contribution >= 4 is 12.1 Å². The monoisotopic (exact) mass is 312 g/mol. The largest absolute Gasteiger partial charge is 0.388 e. The number of hydrogen-bond donors (Lipinski definition) is 1. The van der Waals surface area contributed by atoms with Crippen molar-refractivity contribution in [1.29, 1.82) is 0 Å². The number of rotatable bonds is 1. The summed E-state index contributed by atoms with van der Waals surface area (Å²) in [6.45, 7) is 6.15. The smallest absolute Gasteiger partial charge is 0.147 e. The zero-order chi connectivity index (χ0) is 16.2. The Morgan fingerprint density at radius 2 is 2.00 bits per heavy atom. The molecule has 7 aliphatic carbocycles. The maximum absolute atomic E-state index is 13.6. The number of fused-ring (bicyclic) bond motifs is 2. The molecule has 3 heteroatoms. The van der Waals surface area contributed by atoms with Gasteiger partial charge in [-0.3, -0.25) is 4.79 Å². The van der Waals surface area contributed by atoms with Gasteiger partial charge >= 0.3 is 0 Å². The molecule has 6 fully saturated rings. The van der Waals surface area contributed by atoms with Gasteiger partial charge in [0.2, 0.25) is 0 Å². The minimum Gasteiger partial charge on any atom is -0.388 e. The van der Waals surface area contributed by atoms with Crippen molar-refractivity contribution in [1.82, 2.24) is 0 Å². The van der Waals surface area contributed by atoms with E-state index in [1.807, 2.05) is 6.92 Å². The second-order valence-electron chi connectivity index (χ2n) is 8.87. The van der Waals surface area contributed by atoms with Crippen LogP contribution in [0, 0.1) is 34.0 Å². The molecule has 0 aromatic heterocycles. The average Bonchev–Trinajstić information content (AvgIpc) is 2.56. The fraction of sp³-hybridized carbons (Fsp3) is 0.700. The third kappa shape index (κ3) is 1.18. The van der Waals surface area contributed by atoms with Gasteiger partial charge in [-0.2, -0.15) is 0 Å². The van der Waals surface area contributed by atoms with Crippen LogP contribution in [0.15, 0.2) is 23.8 Å². The Morgan fingerprint density at radius 3 is 2.74 bits per heavy atom. The molecule has 1 N–H and O–H groups in total. The van der Waals surface area contributed by atoms with Gasteiger partial charge in [-0.25, -0.2) is 0 Å². The SMILES string of the molecule is C=C1[C@H]2C[C@@H]3C(=O)[C@@]45CC[C@@]3([C@@H]1O)[C@H](C2)C4=CCC[C@@]5(C)C=O. The van der Waals surface area contributed by atoms with E-state index in [4.69, 9.17) is 0 Å². The highest BCUT2D eigenvalue weighted by Gasteiger charge is 2.76. The number of carbonyl (C=O) groups is 2. The first-order valence-corrected chi connectivity index (χ1v) is 9.00. The van der Waals surface area contributed by atoms with Crippen molar-refractivity contribution < 1.29 is 14.7 Å². The first kappa shape index (κ1) is 14.2. The fourth-order valence-electron chi connectivity index (χ4n) is 7.37. The minimum absolute atomic E-state index is 0.0741. The second kappa shape index (κ2) is 3.88. The van der Waals surface area contributed by atoms with Crippen molar-refractivity contribution in [2.75, 3.05) is 0 Å². The van der Waals surface area contributed by atoms with Crippen LogP contribution in [0.25, 0.3) is 0 Å². The van der Waals surface area contributed by atoms with Crippen LogP contribution < -0.4 is 0 Å². The van der Waals surface area contributed by atoms with Crippen LogP contribution in [-0.2, 0) is 9.59 Å². The Kier molecular flexibility index (Phi) is 2.39. The lowest BCUT2D eigenvalue weighted by molar-refractivity contribution is -0.204. The molecule has 0 amide bonds. The van der Waals surface area contributed by atoms with Gasteiger partial charge in [-0.1, -0.05) is 25.2 Å². The molecule has 23 heavy (non-hydrogen) atoms. The summed E-state index contributed by atoms with van der Waals surface area (Å²) in [7, 11) is 0. The van der Waals surface area contributed by atoms with Crippen molar-refractivity contribution in [3.8, 4) is 0 Å². The summed E-state index contributed by atoms with van der Waals surface area (Å²) in [5, 5.41) is 11.0. The molecule has 0 saturated heterocycles. The quantitative estimate of drug-likeness (QED) is 0.598.